The Hall–Kier alpha value is -1.08. The average Bonchev–Trinajstić information content (AvgIpc) is 2.32. The predicted molar refractivity (Wildman–Crippen MR) is 71.5 cm³/mol. The summed E-state index contributed by atoms with van der Waals surface area (Å²) in [5.41, 5.74) is 0.847. The molecular formula is C13H16BrFN2. The number of hydrogen-bond acceptors (Lipinski definition) is 2. The predicted octanol–water partition coefficient (Wildman–Crippen LogP) is 3.94. The fourth-order valence-electron chi connectivity index (χ4n) is 1.62. The fraction of sp³-hybridized carbons (Fsp3) is 0.462. The van der Waals surface area contributed by atoms with Gasteiger partial charge < -0.3 is 4.90 Å². The number of nitriles is 1. The molecule has 0 heterocycles. The molecule has 0 aliphatic heterocycles. The second-order valence-electron chi connectivity index (χ2n) is 4.27. The van der Waals surface area contributed by atoms with Crippen LogP contribution in [-0.4, -0.2) is 13.6 Å². The monoisotopic (exact) mass is 298 g/mol. The van der Waals surface area contributed by atoms with Crippen LogP contribution < -0.4 is 4.90 Å². The van der Waals surface area contributed by atoms with Gasteiger partial charge in [-0.05, 0) is 34.0 Å². The topological polar surface area (TPSA) is 27.0 Å². The molecule has 0 N–H and O–H groups in total. The minimum atomic E-state index is -0.366. The molecule has 0 bridgehead atoms. The number of hydrogen-bond donors (Lipinski definition) is 0. The summed E-state index contributed by atoms with van der Waals surface area (Å²) in [7, 11) is 1.86. The van der Waals surface area contributed by atoms with E-state index in [2.05, 4.69) is 29.8 Å². The molecule has 4 heteroatoms. The maximum Gasteiger partial charge on any atom is 0.161 e. The SMILES string of the molecule is CCC(C)CN(C)c1ccc(C#N)c(Br)c1F. The lowest BCUT2D eigenvalue weighted by molar-refractivity contribution is 0.549. The van der Waals surface area contributed by atoms with Crippen molar-refractivity contribution in [3.63, 3.8) is 0 Å². The number of benzene rings is 1. The molecule has 1 atom stereocenters. The summed E-state index contributed by atoms with van der Waals surface area (Å²) >= 11 is 3.12. The van der Waals surface area contributed by atoms with Crippen LogP contribution in [0.15, 0.2) is 16.6 Å². The third kappa shape index (κ3) is 3.19. The van der Waals surface area contributed by atoms with E-state index in [0.29, 0.717) is 17.2 Å². The van der Waals surface area contributed by atoms with Crippen LogP contribution in [0.5, 0.6) is 0 Å². The maximum atomic E-state index is 14.0. The van der Waals surface area contributed by atoms with Crippen molar-refractivity contribution in [3.05, 3.63) is 28.0 Å². The lowest BCUT2D eigenvalue weighted by Crippen LogP contribution is -2.24. The normalized spacial score (nSPS) is 12.0. The first-order chi connectivity index (χ1) is 8.01. The number of halogens is 2. The molecule has 0 fully saturated rings. The number of anilines is 1. The molecule has 0 saturated carbocycles. The van der Waals surface area contributed by atoms with Gasteiger partial charge in [0.25, 0.3) is 0 Å². The molecule has 1 aromatic carbocycles. The quantitative estimate of drug-likeness (QED) is 0.842. The van der Waals surface area contributed by atoms with E-state index in [1.807, 2.05) is 18.0 Å². The molecule has 0 aliphatic carbocycles. The fourth-order valence-corrected chi connectivity index (χ4v) is 2.04. The molecule has 2 nitrogen and oxygen atoms in total. The van der Waals surface area contributed by atoms with Gasteiger partial charge in [-0.1, -0.05) is 20.3 Å². The van der Waals surface area contributed by atoms with Crippen molar-refractivity contribution in [2.45, 2.75) is 20.3 Å². The largest absolute Gasteiger partial charge is 0.372 e. The molecule has 0 saturated heterocycles. The first-order valence-electron chi connectivity index (χ1n) is 5.60. The van der Waals surface area contributed by atoms with E-state index >= 15 is 0 Å². The Morgan fingerprint density at radius 2 is 2.18 bits per heavy atom. The first kappa shape index (κ1) is 14.0. The highest BCUT2D eigenvalue weighted by Crippen LogP contribution is 2.29. The van der Waals surface area contributed by atoms with Gasteiger partial charge in [-0.25, -0.2) is 4.39 Å². The Morgan fingerprint density at radius 1 is 1.53 bits per heavy atom. The third-order valence-electron chi connectivity index (χ3n) is 2.88. The van der Waals surface area contributed by atoms with Crippen LogP contribution in [0.25, 0.3) is 0 Å². The highest BCUT2D eigenvalue weighted by Gasteiger charge is 2.15. The van der Waals surface area contributed by atoms with Gasteiger partial charge in [-0.15, -0.1) is 0 Å². The van der Waals surface area contributed by atoms with Crippen molar-refractivity contribution in [2.75, 3.05) is 18.5 Å². The Morgan fingerprint density at radius 3 is 2.71 bits per heavy atom. The number of nitrogens with zero attached hydrogens (tertiary/aromatic N) is 2. The Balaban J connectivity index is 3.00. The van der Waals surface area contributed by atoms with Crippen LogP contribution >= 0.6 is 15.9 Å². The van der Waals surface area contributed by atoms with Crippen molar-refractivity contribution in [3.8, 4) is 6.07 Å². The molecule has 17 heavy (non-hydrogen) atoms. The van der Waals surface area contributed by atoms with E-state index in [0.717, 1.165) is 13.0 Å². The molecule has 0 spiro atoms. The standard InChI is InChI=1S/C13H16BrFN2/c1-4-9(2)8-17(3)11-6-5-10(7-16)12(14)13(11)15/h5-6,9H,4,8H2,1-3H3. The van der Waals surface area contributed by atoms with E-state index in [-0.39, 0.29) is 10.3 Å². The molecule has 1 aromatic rings. The molecular weight excluding hydrogens is 283 g/mol. The zero-order chi connectivity index (χ0) is 13.0. The summed E-state index contributed by atoms with van der Waals surface area (Å²) in [6.07, 6.45) is 1.06. The highest BCUT2D eigenvalue weighted by molar-refractivity contribution is 9.10. The molecule has 0 amide bonds. The summed E-state index contributed by atoms with van der Waals surface area (Å²) in [5, 5.41) is 8.80. The Bertz CT molecular complexity index is 440. The summed E-state index contributed by atoms with van der Waals surface area (Å²) in [6, 6.07) is 5.24. The number of rotatable bonds is 4. The van der Waals surface area contributed by atoms with Gasteiger partial charge >= 0.3 is 0 Å². The summed E-state index contributed by atoms with van der Waals surface area (Å²) < 4.78 is 14.3. The molecule has 0 radical (unpaired) electrons. The Kier molecular flexibility index (Phi) is 4.95. The zero-order valence-corrected chi connectivity index (χ0v) is 11.9. The summed E-state index contributed by atoms with van der Waals surface area (Å²) in [5.74, 6) is 0.142. The van der Waals surface area contributed by atoms with Gasteiger partial charge in [0.1, 0.15) is 6.07 Å². The Labute approximate surface area is 110 Å². The zero-order valence-electron chi connectivity index (χ0n) is 10.3. The van der Waals surface area contributed by atoms with Gasteiger partial charge in [0.05, 0.1) is 15.7 Å². The van der Waals surface area contributed by atoms with Crippen LogP contribution in [0.4, 0.5) is 10.1 Å². The summed E-state index contributed by atoms with van der Waals surface area (Å²) in [4.78, 5) is 1.88. The smallest absolute Gasteiger partial charge is 0.161 e. The van der Waals surface area contributed by atoms with Gasteiger partial charge in [0.2, 0.25) is 0 Å². The van der Waals surface area contributed by atoms with Crippen molar-refractivity contribution in [1.29, 1.82) is 5.26 Å². The van der Waals surface area contributed by atoms with Crippen molar-refractivity contribution in [1.82, 2.24) is 0 Å². The second kappa shape index (κ2) is 6.02. The molecule has 0 aliphatic rings. The van der Waals surface area contributed by atoms with Crippen LogP contribution in [-0.2, 0) is 0 Å². The van der Waals surface area contributed by atoms with Crippen LogP contribution in [0, 0.1) is 23.1 Å². The van der Waals surface area contributed by atoms with Crippen LogP contribution in [0.3, 0.4) is 0 Å². The minimum absolute atomic E-state index is 0.244. The first-order valence-corrected chi connectivity index (χ1v) is 6.39. The lowest BCUT2D eigenvalue weighted by Gasteiger charge is -2.23. The second-order valence-corrected chi connectivity index (χ2v) is 5.06. The molecule has 1 rings (SSSR count). The maximum absolute atomic E-state index is 14.0. The van der Waals surface area contributed by atoms with Gasteiger partial charge in [0.15, 0.2) is 5.82 Å². The van der Waals surface area contributed by atoms with Crippen molar-refractivity contribution in [2.24, 2.45) is 5.92 Å². The van der Waals surface area contributed by atoms with Gasteiger partial charge in [-0.3, -0.25) is 0 Å². The highest BCUT2D eigenvalue weighted by atomic mass is 79.9. The summed E-state index contributed by atoms with van der Waals surface area (Å²) in [6.45, 7) is 5.04. The van der Waals surface area contributed by atoms with E-state index in [1.54, 1.807) is 12.1 Å². The lowest BCUT2D eigenvalue weighted by atomic mass is 10.1. The molecule has 0 aromatic heterocycles. The average molecular weight is 299 g/mol. The molecule has 92 valence electrons. The molecule has 1 unspecified atom stereocenters. The van der Waals surface area contributed by atoms with Crippen LogP contribution in [0.1, 0.15) is 25.8 Å². The van der Waals surface area contributed by atoms with E-state index in [9.17, 15) is 4.39 Å². The van der Waals surface area contributed by atoms with E-state index in [1.165, 1.54) is 0 Å². The van der Waals surface area contributed by atoms with Crippen molar-refractivity contribution < 1.29 is 4.39 Å². The third-order valence-corrected chi connectivity index (χ3v) is 3.65. The van der Waals surface area contributed by atoms with Gasteiger partial charge in [-0.2, -0.15) is 5.26 Å². The van der Waals surface area contributed by atoms with Crippen molar-refractivity contribution >= 4 is 21.6 Å². The van der Waals surface area contributed by atoms with Crippen LogP contribution in [0.2, 0.25) is 0 Å². The van der Waals surface area contributed by atoms with E-state index < -0.39 is 0 Å². The van der Waals surface area contributed by atoms with E-state index in [4.69, 9.17) is 5.26 Å². The minimum Gasteiger partial charge on any atom is -0.372 e. The van der Waals surface area contributed by atoms with Gasteiger partial charge in [0, 0.05) is 13.6 Å².